The smallest absolute Gasteiger partial charge is 0.287 e. The van der Waals surface area contributed by atoms with E-state index in [1.807, 2.05) is 13.8 Å². The van der Waals surface area contributed by atoms with Crippen molar-refractivity contribution in [3.8, 4) is 0 Å². The zero-order chi connectivity index (χ0) is 11.6. The van der Waals surface area contributed by atoms with Gasteiger partial charge in [-0.15, -0.1) is 0 Å². The number of ketones is 1. The molecular weight excluding hydrogens is 198 g/mol. The molecule has 3 heteroatoms. The summed E-state index contributed by atoms with van der Waals surface area (Å²) < 4.78 is 25.4. The van der Waals surface area contributed by atoms with Crippen molar-refractivity contribution in [3.63, 3.8) is 0 Å². The number of hydrogen-bond acceptors (Lipinski definition) is 1. The van der Waals surface area contributed by atoms with Gasteiger partial charge < -0.3 is 0 Å². The molecule has 0 radical (unpaired) electrons. The van der Waals surface area contributed by atoms with E-state index in [9.17, 15) is 13.6 Å². The van der Waals surface area contributed by atoms with Crippen LogP contribution in [0.1, 0.15) is 42.6 Å². The first kappa shape index (κ1) is 11.8. The van der Waals surface area contributed by atoms with Crippen LogP contribution in [0.25, 0.3) is 0 Å². The lowest BCUT2D eigenvalue weighted by atomic mass is 9.99. The number of carbonyl (C=O) groups excluding carboxylic acids is 1. The first-order chi connectivity index (χ1) is 6.82. The van der Waals surface area contributed by atoms with E-state index in [4.69, 9.17) is 0 Å². The van der Waals surface area contributed by atoms with Crippen LogP contribution in [0.15, 0.2) is 24.3 Å². The fourth-order valence-corrected chi connectivity index (χ4v) is 1.27. The molecule has 1 aromatic carbocycles. The van der Waals surface area contributed by atoms with Gasteiger partial charge in [0.05, 0.1) is 0 Å². The van der Waals surface area contributed by atoms with Crippen molar-refractivity contribution < 1.29 is 13.6 Å². The molecule has 0 aromatic heterocycles. The third kappa shape index (κ3) is 2.85. The quantitative estimate of drug-likeness (QED) is 0.699. The molecule has 0 fully saturated rings. The standard InChI is InChI=1S/C12H14F2O/c1-8(2)9-4-6-10(7-5-9)11(15)12(3,13)14/h4-8H,1-3H3. The molecule has 82 valence electrons. The molecular formula is C12H14F2O. The zero-order valence-electron chi connectivity index (χ0n) is 9.05. The third-order valence-electron chi connectivity index (χ3n) is 2.24. The maximum absolute atomic E-state index is 12.7. The second kappa shape index (κ2) is 4.09. The Kier molecular flexibility index (Phi) is 3.22. The molecule has 0 bridgehead atoms. The summed E-state index contributed by atoms with van der Waals surface area (Å²) in [6.07, 6.45) is 0. The lowest BCUT2D eigenvalue weighted by Gasteiger charge is -2.10. The highest BCUT2D eigenvalue weighted by Gasteiger charge is 2.32. The van der Waals surface area contributed by atoms with Gasteiger partial charge in [-0.2, -0.15) is 8.78 Å². The second-order valence-corrected chi connectivity index (χ2v) is 3.99. The van der Waals surface area contributed by atoms with Gasteiger partial charge in [-0.05, 0) is 11.5 Å². The van der Waals surface area contributed by atoms with Gasteiger partial charge in [-0.1, -0.05) is 38.1 Å². The van der Waals surface area contributed by atoms with Gasteiger partial charge >= 0.3 is 5.92 Å². The van der Waals surface area contributed by atoms with E-state index in [-0.39, 0.29) is 5.56 Å². The predicted molar refractivity (Wildman–Crippen MR) is 55.5 cm³/mol. The summed E-state index contributed by atoms with van der Waals surface area (Å²) >= 11 is 0. The molecule has 0 aliphatic heterocycles. The molecule has 1 nitrogen and oxygen atoms in total. The Balaban J connectivity index is 2.95. The Morgan fingerprint density at radius 1 is 1.20 bits per heavy atom. The highest BCUT2D eigenvalue weighted by Crippen LogP contribution is 2.21. The Labute approximate surface area is 88.1 Å². The van der Waals surface area contributed by atoms with E-state index in [0.29, 0.717) is 12.8 Å². The minimum atomic E-state index is -3.29. The minimum Gasteiger partial charge on any atom is -0.287 e. The maximum atomic E-state index is 12.7. The van der Waals surface area contributed by atoms with Crippen LogP contribution in [0.5, 0.6) is 0 Å². The summed E-state index contributed by atoms with van der Waals surface area (Å²) in [6, 6.07) is 6.33. The fraction of sp³-hybridized carbons (Fsp3) is 0.417. The van der Waals surface area contributed by atoms with Gasteiger partial charge in [0.2, 0.25) is 5.78 Å². The number of Topliss-reactive ketones (excluding diaryl/α,β-unsaturated/α-hetero) is 1. The normalized spacial score (nSPS) is 11.9. The van der Waals surface area contributed by atoms with E-state index in [0.717, 1.165) is 5.56 Å². The number of hydrogen-bond donors (Lipinski definition) is 0. The number of carbonyl (C=O) groups is 1. The highest BCUT2D eigenvalue weighted by molar-refractivity contribution is 6.01. The summed E-state index contributed by atoms with van der Waals surface area (Å²) in [5, 5.41) is 0. The van der Waals surface area contributed by atoms with Gasteiger partial charge in [-0.25, -0.2) is 0 Å². The molecule has 0 unspecified atom stereocenters. The van der Waals surface area contributed by atoms with Crippen LogP contribution in [-0.2, 0) is 0 Å². The number of benzene rings is 1. The van der Waals surface area contributed by atoms with Crippen LogP contribution in [0.2, 0.25) is 0 Å². The van der Waals surface area contributed by atoms with E-state index in [1.54, 1.807) is 12.1 Å². The molecule has 1 rings (SSSR count). The molecule has 15 heavy (non-hydrogen) atoms. The van der Waals surface area contributed by atoms with E-state index in [2.05, 4.69) is 0 Å². The van der Waals surface area contributed by atoms with Crippen LogP contribution >= 0.6 is 0 Å². The lowest BCUT2D eigenvalue weighted by Crippen LogP contribution is -2.24. The molecule has 0 saturated heterocycles. The summed E-state index contributed by atoms with van der Waals surface area (Å²) in [4.78, 5) is 11.2. The molecule has 0 spiro atoms. The van der Waals surface area contributed by atoms with Crippen molar-refractivity contribution in [2.75, 3.05) is 0 Å². The average Bonchev–Trinajstić information content (AvgIpc) is 2.15. The highest BCUT2D eigenvalue weighted by atomic mass is 19.3. The summed E-state index contributed by atoms with van der Waals surface area (Å²) in [5.41, 5.74) is 1.10. The molecule has 0 aliphatic carbocycles. The van der Waals surface area contributed by atoms with E-state index in [1.165, 1.54) is 12.1 Å². The van der Waals surface area contributed by atoms with Gasteiger partial charge in [0, 0.05) is 12.5 Å². The Bertz CT molecular complexity index is 347. The van der Waals surface area contributed by atoms with Crippen LogP contribution in [0, 0.1) is 0 Å². The van der Waals surface area contributed by atoms with Crippen LogP contribution in [0.3, 0.4) is 0 Å². The zero-order valence-corrected chi connectivity index (χ0v) is 9.05. The van der Waals surface area contributed by atoms with Crippen LogP contribution in [-0.4, -0.2) is 11.7 Å². The fourth-order valence-electron chi connectivity index (χ4n) is 1.27. The largest absolute Gasteiger partial charge is 0.307 e. The van der Waals surface area contributed by atoms with Crippen molar-refractivity contribution in [1.29, 1.82) is 0 Å². The molecule has 0 aliphatic rings. The topological polar surface area (TPSA) is 17.1 Å². The van der Waals surface area contributed by atoms with Gasteiger partial charge in [-0.3, -0.25) is 4.79 Å². The number of alkyl halides is 2. The van der Waals surface area contributed by atoms with Crippen molar-refractivity contribution >= 4 is 5.78 Å². The predicted octanol–water partition coefficient (Wildman–Crippen LogP) is 3.65. The summed E-state index contributed by atoms with van der Waals surface area (Å²) in [7, 11) is 0. The third-order valence-corrected chi connectivity index (χ3v) is 2.24. The molecule has 1 aromatic rings. The van der Waals surface area contributed by atoms with Crippen LogP contribution < -0.4 is 0 Å². The molecule has 0 N–H and O–H groups in total. The molecule has 0 atom stereocenters. The number of rotatable bonds is 3. The first-order valence-electron chi connectivity index (χ1n) is 4.85. The van der Waals surface area contributed by atoms with E-state index < -0.39 is 11.7 Å². The van der Waals surface area contributed by atoms with Crippen molar-refractivity contribution in [1.82, 2.24) is 0 Å². The summed E-state index contributed by atoms with van der Waals surface area (Å²) in [6.45, 7) is 4.63. The van der Waals surface area contributed by atoms with Crippen LogP contribution in [0.4, 0.5) is 8.78 Å². The maximum Gasteiger partial charge on any atom is 0.307 e. The Morgan fingerprint density at radius 3 is 2.00 bits per heavy atom. The van der Waals surface area contributed by atoms with Gasteiger partial charge in [0.1, 0.15) is 0 Å². The van der Waals surface area contributed by atoms with Crippen molar-refractivity contribution in [2.24, 2.45) is 0 Å². The lowest BCUT2D eigenvalue weighted by molar-refractivity contribution is 0.0221. The SMILES string of the molecule is CC(C)c1ccc(C(=O)C(C)(F)F)cc1. The van der Waals surface area contributed by atoms with Gasteiger partial charge in [0.25, 0.3) is 0 Å². The monoisotopic (exact) mass is 212 g/mol. The second-order valence-electron chi connectivity index (χ2n) is 3.99. The van der Waals surface area contributed by atoms with Gasteiger partial charge in [0.15, 0.2) is 0 Å². The van der Waals surface area contributed by atoms with Crippen molar-refractivity contribution in [3.05, 3.63) is 35.4 Å². The van der Waals surface area contributed by atoms with E-state index >= 15 is 0 Å². The molecule has 0 saturated carbocycles. The minimum absolute atomic E-state index is 0.0619. The molecule has 0 heterocycles. The summed E-state index contributed by atoms with van der Waals surface area (Å²) in [5.74, 6) is -4.09. The van der Waals surface area contributed by atoms with Crippen molar-refractivity contribution in [2.45, 2.75) is 32.6 Å². The average molecular weight is 212 g/mol. The Hall–Kier alpha value is -1.25. The Morgan fingerprint density at radius 2 is 1.67 bits per heavy atom. The molecule has 0 amide bonds. The first-order valence-corrected chi connectivity index (χ1v) is 4.85. The number of halogens is 2.